The quantitative estimate of drug-likeness (QED) is 0.583. The number of carbonyl (C=O) groups excluding carboxylic acids is 2. The molecule has 0 spiro atoms. The standard InChI is InChI=1S/C22H23N3O6/c1-22(2,3)15-10-20(26)24-16-8-12(6-7-13(15)16)23-21(27)14-9-18(30-4)19(31-5)11-17(14)25(28)29/h6-11,13H,1-5H3,(H,24,26). The molecule has 2 aliphatic rings. The van der Waals surface area contributed by atoms with E-state index in [1.165, 1.54) is 20.3 Å². The van der Waals surface area contributed by atoms with Gasteiger partial charge >= 0.3 is 0 Å². The van der Waals surface area contributed by atoms with E-state index in [4.69, 9.17) is 9.47 Å². The Balaban J connectivity index is 2.00. The molecule has 1 unspecified atom stereocenters. The Morgan fingerprint density at radius 1 is 1.16 bits per heavy atom. The van der Waals surface area contributed by atoms with E-state index in [1.54, 1.807) is 18.2 Å². The summed E-state index contributed by atoms with van der Waals surface area (Å²) in [6.45, 7) is 6.06. The Labute approximate surface area is 179 Å². The lowest BCUT2D eigenvalue weighted by Crippen LogP contribution is -2.36. The van der Waals surface area contributed by atoms with Gasteiger partial charge in [0.25, 0.3) is 11.6 Å². The molecule has 3 rings (SSSR count). The van der Waals surface area contributed by atoms with Crippen LogP contribution in [-0.4, -0.2) is 36.7 Å². The summed E-state index contributed by atoms with van der Waals surface area (Å²) in [5, 5.41) is 14.3. The highest BCUT2D eigenvalue weighted by molar-refractivity contribution is 6.15. The number of nitro groups is 1. The molecule has 1 aliphatic heterocycles. The van der Waals surface area contributed by atoms with Crippen molar-refractivity contribution in [3.8, 4) is 11.5 Å². The minimum atomic E-state index is -0.809. The lowest BCUT2D eigenvalue weighted by Gasteiger charge is -2.34. The molecule has 1 aromatic rings. The number of carbonyl (C=O) groups is 2. The second-order valence-corrected chi connectivity index (χ2v) is 8.10. The molecular weight excluding hydrogens is 402 g/mol. The Morgan fingerprint density at radius 2 is 1.81 bits per heavy atom. The average molecular weight is 425 g/mol. The zero-order valence-electron chi connectivity index (χ0n) is 17.9. The number of benzene rings is 1. The van der Waals surface area contributed by atoms with Crippen LogP contribution in [0.4, 0.5) is 5.69 Å². The molecule has 1 aromatic carbocycles. The molecule has 1 aliphatic carbocycles. The Hall–Kier alpha value is -3.75. The lowest BCUT2D eigenvalue weighted by atomic mass is 9.74. The average Bonchev–Trinajstić information content (AvgIpc) is 2.70. The first-order valence-electron chi connectivity index (χ1n) is 9.51. The number of ether oxygens (including phenoxy) is 2. The number of nitro benzene ring substituents is 1. The number of allylic oxidation sites excluding steroid dienone is 3. The summed E-state index contributed by atoms with van der Waals surface area (Å²) in [6.07, 6.45) is 6.70. The summed E-state index contributed by atoms with van der Waals surface area (Å²) >= 11 is 0. The SMILES string of the molecule is COc1cc(C(=O)N=C2C=CC3C(=C2)NC(=O)C=C3C(C)(C)C)c([N+](=O)[O-])cc1OC. The lowest BCUT2D eigenvalue weighted by molar-refractivity contribution is -0.385. The van der Waals surface area contributed by atoms with E-state index in [-0.39, 0.29) is 40.0 Å². The first-order valence-corrected chi connectivity index (χ1v) is 9.51. The molecule has 9 heteroatoms. The topological polar surface area (TPSA) is 120 Å². The monoisotopic (exact) mass is 425 g/mol. The largest absolute Gasteiger partial charge is 0.493 e. The smallest absolute Gasteiger partial charge is 0.286 e. The summed E-state index contributed by atoms with van der Waals surface area (Å²) in [6, 6.07) is 2.36. The van der Waals surface area contributed by atoms with Gasteiger partial charge in [0.2, 0.25) is 5.91 Å². The van der Waals surface area contributed by atoms with Gasteiger partial charge in [0.1, 0.15) is 5.56 Å². The number of rotatable bonds is 4. The zero-order chi connectivity index (χ0) is 22.9. The van der Waals surface area contributed by atoms with E-state index < -0.39 is 16.5 Å². The molecular formula is C22H23N3O6. The van der Waals surface area contributed by atoms with Crippen molar-refractivity contribution in [1.29, 1.82) is 0 Å². The van der Waals surface area contributed by atoms with Gasteiger partial charge in [-0.3, -0.25) is 19.7 Å². The van der Waals surface area contributed by atoms with Crippen molar-refractivity contribution in [2.45, 2.75) is 20.8 Å². The molecule has 0 bridgehead atoms. The van der Waals surface area contributed by atoms with Gasteiger partial charge in [-0.25, -0.2) is 4.99 Å². The summed E-state index contributed by atoms with van der Waals surface area (Å²) in [7, 11) is 2.71. The zero-order valence-corrected chi connectivity index (χ0v) is 17.9. The van der Waals surface area contributed by atoms with Gasteiger partial charge in [-0.05, 0) is 23.1 Å². The summed E-state index contributed by atoms with van der Waals surface area (Å²) in [5.74, 6) is -0.886. The van der Waals surface area contributed by atoms with Crippen LogP contribution in [0, 0.1) is 21.4 Å². The molecule has 162 valence electrons. The van der Waals surface area contributed by atoms with E-state index in [0.717, 1.165) is 11.6 Å². The molecule has 31 heavy (non-hydrogen) atoms. The van der Waals surface area contributed by atoms with E-state index in [9.17, 15) is 19.7 Å². The molecule has 9 nitrogen and oxygen atoms in total. The van der Waals surface area contributed by atoms with Crippen LogP contribution in [0.15, 0.2) is 52.7 Å². The van der Waals surface area contributed by atoms with E-state index in [0.29, 0.717) is 5.70 Å². The first-order chi connectivity index (χ1) is 14.5. The Morgan fingerprint density at radius 3 is 2.39 bits per heavy atom. The third-order valence-corrected chi connectivity index (χ3v) is 5.01. The normalized spacial score (nSPS) is 19.2. The predicted molar refractivity (Wildman–Crippen MR) is 114 cm³/mol. The van der Waals surface area contributed by atoms with Gasteiger partial charge in [-0.1, -0.05) is 26.8 Å². The van der Waals surface area contributed by atoms with Gasteiger partial charge in [0.05, 0.1) is 30.9 Å². The van der Waals surface area contributed by atoms with Crippen LogP contribution in [0.3, 0.4) is 0 Å². The van der Waals surface area contributed by atoms with Crippen LogP contribution in [0.5, 0.6) is 11.5 Å². The van der Waals surface area contributed by atoms with Gasteiger partial charge in [-0.2, -0.15) is 0 Å². The van der Waals surface area contributed by atoms with Gasteiger partial charge < -0.3 is 14.8 Å². The van der Waals surface area contributed by atoms with Gasteiger partial charge in [0.15, 0.2) is 11.5 Å². The number of amides is 2. The number of hydrogen-bond donors (Lipinski definition) is 1. The van der Waals surface area contributed by atoms with E-state index in [1.807, 2.05) is 26.8 Å². The highest BCUT2D eigenvalue weighted by Crippen LogP contribution is 2.39. The molecule has 1 heterocycles. The second kappa shape index (κ2) is 8.17. The molecule has 1 N–H and O–H groups in total. The molecule has 0 fully saturated rings. The van der Waals surface area contributed by atoms with Crippen molar-refractivity contribution >= 4 is 23.2 Å². The molecule has 0 aromatic heterocycles. The molecule has 0 radical (unpaired) electrons. The number of aliphatic imine (C=N–C) groups is 1. The number of nitrogens with one attached hydrogen (secondary N) is 1. The fourth-order valence-electron chi connectivity index (χ4n) is 3.51. The number of nitrogens with zero attached hydrogens (tertiary/aromatic N) is 2. The van der Waals surface area contributed by atoms with Crippen LogP contribution in [0.1, 0.15) is 31.1 Å². The summed E-state index contributed by atoms with van der Waals surface area (Å²) in [4.78, 5) is 39.7. The van der Waals surface area contributed by atoms with Gasteiger partial charge in [0, 0.05) is 23.8 Å². The van der Waals surface area contributed by atoms with Crippen molar-refractivity contribution in [2.24, 2.45) is 16.3 Å². The number of hydrogen-bond acceptors (Lipinski definition) is 6. The fourth-order valence-corrected chi connectivity index (χ4v) is 3.51. The predicted octanol–water partition coefficient (Wildman–Crippen LogP) is 3.37. The van der Waals surface area contributed by atoms with Crippen LogP contribution in [0.25, 0.3) is 0 Å². The molecule has 0 saturated heterocycles. The van der Waals surface area contributed by atoms with Crippen LogP contribution in [0.2, 0.25) is 0 Å². The Kier molecular flexibility index (Phi) is 5.79. The summed E-state index contributed by atoms with van der Waals surface area (Å²) in [5.41, 5.74) is 0.924. The van der Waals surface area contributed by atoms with E-state index >= 15 is 0 Å². The second-order valence-electron chi connectivity index (χ2n) is 8.10. The summed E-state index contributed by atoms with van der Waals surface area (Å²) < 4.78 is 10.2. The minimum Gasteiger partial charge on any atom is -0.493 e. The fraction of sp³-hybridized carbons (Fsp3) is 0.318. The first kappa shape index (κ1) is 21.9. The highest BCUT2D eigenvalue weighted by Gasteiger charge is 2.33. The van der Waals surface area contributed by atoms with Gasteiger partial charge in [-0.15, -0.1) is 0 Å². The third-order valence-electron chi connectivity index (χ3n) is 5.01. The maximum atomic E-state index is 12.8. The van der Waals surface area contributed by atoms with Crippen molar-refractivity contribution in [3.63, 3.8) is 0 Å². The van der Waals surface area contributed by atoms with Crippen LogP contribution in [-0.2, 0) is 4.79 Å². The minimum absolute atomic E-state index is 0.132. The van der Waals surface area contributed by atoms with Crippen molar-refractivity contribution in [3.05, 3.63) is 63.4 Å². The maximum Gasteiger partial charge on any atom is 0.286 e. The van der Waals surface area contributed by atoms with Crippen molar-refractivity contribution in [2.75, 3.05) is 14.2 Å². The van der Waals surface area contributed by atoms with Crippen molar-refractivity contribution in [1.82, 2.24) is 5.32 Å². The van der Waals surface area contributed by atoms with Crippen LogP contribution < -0.4 is 14.8 Å². The molecule has 0 saturated carbocycles. The van der Waals surface area contributed by atoms with Crippen molar-refractivity contribution < 1.29 is 24.0 Å². The third kappa shape index (κ3) is 4.40. The van der Waals surface area contributed by atoms with E-state index in [2.05, 4.69) is 10.3 Å². The number of fused-ring (bicyclic) bond motifs is 1. The number of methoxy groups -OCH3 is 2. The Bertz CT molecular complexity index is 1090. The molecule has 2 amide bonds. The highest BCUT2D eigenvalue weighted by atomic mass is 16.6. The van der Waals surface area contributed by atoms with Crippen LogP contribution >= 0.6 is 0 Å². The molecule has 1 atom stereocenters. The maximum absolute atomic E-state index is 12.8.